The normalized spacial score (nSPS) is 10.2. The van der Waals surface area contributed by atoms with E-state index in [4.69, 9.17) is 15.1 Å². The third-order valence-corrected chi connectivity index (χ3v) is 3.16. The molecule has 0 saturated carbocycles. The van der Waals surface area contributed by atoms with Gasteiger partial charge in [0.1, 0.15) is 5.75 Å². The molecule has 0 bridgehead atoms. The number of benzene rings is 2. The standard InChI is InChI=1S/C18H18N2O3/c1-12(2)23-17-8-7-15(18(21)22)9-16(17)20-11-14-5-3-13(10-19)4-6-14/h3-9,12,20H,11H2,1-2H3,(H,21,22). The highest BCUT2D eigenvalue weighted by Crippen LogP contribution is 2.27. The Hall–Kier alpha value is -3.00. The van der Waals surface area contributed by atoms with E-state index in [0.717, 1.165) is 5.56 Å². The van der Waals surface area contributed by atoms with Crippen molar-refractivity contribution in [3.63, 3.8) is 0 Å². The first-order valence-electron chi connectivity index (χ1n) is 7.26. The molecule has 2 N–H and O–H groups in total. The van der Waals surface area contributed by atoms with Crippen LogP contribution in [0, 0.1) is 11.3 Å². The molecule has 0 heterocycles. The van der Waals surface area contributed by atoms with Gasteiger partial charge in [-0.05, 0) is 49.7 Å². The second-order valence-corrected chi connectivity index (χ2v) is 5.34. The van der Waals surface area contributed by atoms with Gasteiger partial charge >= 0.3 is 5.97 Å². The second-order valence-electron chi connectivity index (χ2n) is 5.34. The third kappa shape index (κ3) is 4.48. The molecule has 2 aromatic rings. The zero-order valence-electron chi connectivity index (χ0n) is 13.0. The smallest absolute Gasteiger partial charge is 0.335 e. The Labute approximate surface area is 135 Å². The molecule has 0 radical (unpaired) electrons. The maximum atomic E-state index is 11.1. The first-order valence-corrected chi connectivity index (χ1v) is 7.26. The number of hydrogen-bond donors (Lipinski definition) is 2. The van der Waals surface area contributed by atoms with Crippen molar-refractivity contribution >= 4 is 11.7 Å². The van der Waals surface area contributed by atoms with E-state index in [-0.39, 0.29) is 11.7 Å². The lowest BCUT2D eigenvalue weighted by molar-refractivity contribution is 0.0697. The van der Waals surface area contributed by atoms with Crippen molar-refractivity contribution in [1.29, 1.82) is 5.26 Å². The average molecular weight is 310 g/mol. The van der Waals surface area contributed by atoms with Crippen molar-refractivity contribution < 1.29 is 14.6 Å². The number of rotatable bonds is 6. The molecule has 23 heavy (non-hydrogen) atoms. The Bertz CT molecular complexity index is 731. The number of carbonyl (C=O) groups is 1. The van der Waals surface area contributed by atoms with Crippen LogP contribution in [0.15, 0.2) is 42.5 Å². The van der Waals surface area contributed by atoms with Crippen LogP contribution in [0.1, 0.15) is 35.3 Å². The first-order chi connectivity index (χ1) is 11.0. The fourth-order valence-corrected chi connectivity index (χ4v) is 2.05. The van der Waals surface area contributed by atoms with E-state index in [1.54, 1.807) is 24.3 Å². The van der Waals surface area contributed by atoms with E-state index in [2.05, 4.69) is 11.4 Å². The fraction of sp³-hybridized carbons (Fsp3) is 0.222. The van der Waals surface area contributed by atoms with E-state index in [0.29, 0.717) is 23.5 Å². The molecule has 5 nitrogen and oxygen atoms in total. The first kappa shape index (κ1) is 16.4. The summed E-state index contributed by atoms with van der Waals surface area (Å²) < 4.78 is 5.71. The van der Waals surface area contributed by atoms with Gasteiger partial charge < -0.3 is 15.2 Å². The van der Waals surface area contributed by atoms with Crippen LogP contribution >= 0.6 is 0 Å². The lowest BCUT2D eigenvalue weighted by atomic mass is 10.1. The SMILES string of the molecule is CC(C)Oc1ccc(C(=O)O)cc1NCc1ccc(C#N)cc1. The predicted molar refractivity (Wildman–Crippen MR) is 87.6 cm³/mol. The maximum Gasteiger partial charge on any atom is 0.335 e. The predicted octanol–water partition coefficient (Wildman–Crippen LogP) is 3.66. The van der Waals surface area contributed by atoms with E-state index in [1.807, 2.05) is 26.0 Å². The highest BCUT2D eigenvalue weighted by atomic mass is 16.5. The average Bonchev–Trinajstić information content (AvgIpc) is 2.53. The number of anilines is 1. The molecule has 0 aromatic heterocycles. The zero-order valence-corrected chi connectivity index (χ0v) is 13.0. The van der Waals surface area contributed by atoms with E-state index < -0.39 is 5.97 Å². The Balaban J connectivity index is 2.19. The molecule has 0 aliphatic heterocycles. The highest BCUT2D eigenvalue weighted by molar-refractivity contribution is 5.89. The van der Waals surface area contributed by atoms with Gasteiger partial charge in [-0.15, -0.1) is 0 Å². The molecule has 5 heteroatoms. The second kappa shape index (κ2) is 7.32. The molecule has 0 amide bonds. The van der Waals surface area contributed by atoms with E-state index >= 15 is 0 Å². The molecular weight excluding hydrogens is 292 g/mol. The fourth-order valence-electron chi connectivity index (χ4n) is 2.05. The number of nitrogens with one attached hydrogen (secondary N) is 1. The number of carboxylic acids is 1. The molecule has 0 fully saturated rings. The van der Waals surface area contributed by atoms with Gasteiger partial charge in [0.15, 0.2) is 0 Å². The van der Waals surface area contributed by atoms with Gasteiger partial charge in [0.05, 0.1) is 29.0 Å². The summed E-state index contributed by atoms with van der Waals surface area (Å²) in [6, 6.07) is 14.0. The Morgan fingerprint density at radius 1 is 1.26 bits per heavy atom. The van der Waals surface area contributed by atoms with Crippen LogP contribution in [0.3, 0.4) is 0 Å². The zero-order chi connectivity index (χ0) is 16.8. The van der Waals surface area contributed by atoms with Crippen molar-refractivity contribution in [1.82, 2.24) is 0 Å². The molecule has 118 valence electrons. The van der Waals surface area contributed by atoms with Gasteiger partial charge in [-0.2, -0.15) is 5.26 Å². The van der Waals surface area contributed by atoms with Gasteiger partial charge in [-0.1, -0.05) is 12.1 Å². The Morgan fingerprint density at radius 3 is 2.52 bits per heavy atom. The van der Waals surface area contributed by atoms with Crippen LogP contribution in [0.25, 0.3) is 0 Å². The molecule has 0 aliphatic carbocycles. The summed E-state index contributed by atoms with van der Waals surface area (Å²) in [5.74, 6) is -0.374. The van der Waals surface area contributed by atoms with Gasteiger partial charge in [-0.3, -0.25) is 0 Å². The largest absolute Gasteiger partial charge is 0.489 e. The number of nitriles is 1. The van der Waals surface area contributed by atoms with Crippen LogP contribution in [0.2, 0.25) is 0 Å². The van der Waals surface area contributed by atoms with Crippen molar-refractivity contribution in [3.05, 3.63) is 59.2 Å². The monoisotopic (exact) mass is 310 g/mol. The minimum Gasteiger partial charge on any atom is -0.489 e. The number of nitrogens with zero attached hydrogens (tertiary/aromatic N) is 1. The van der Waals surface area contributed by atoms with Crippen molar-refractivity contribution in [3.8, 4) is 11.8 Å². The van der Waals surface area contributed by atoms with Gasteiger partial charge in [-0.25, -0.2) is 4.79 Å². The van der Waals surface area contributed by atoms with Gasteiger partial charge in [0.2, 0.25) is 0 Å². The van der Waals surface area contributed by atoms with Crippen LogP contribution in [-0.4, -0.2) is 17.2 Å². The number of hydrogen-bond acceptors (Lipinski definition) is 4. The Morgan fingerprint density at radius 2 is 1.96 bits per heavy atom. The molecule has 0 spiro atoms. The van der Waals surface area contributed by atoms with E-state index in [1.165, 1.54) is 6.07 Å². The molecule has 0 unspecified atom stereocenters. The molecule has 2 rings (SSSR count). The summed E-state index contributed by atoms with van der Waals surface area (Å²) >= 11 is 0. The number of carboxylic acid groups (broad SMARTS) is 1. The molecule has 2 aromatic carbocycles. The molecule has 0 atom stereocenters. The van der Waals surface area contributed by atoms with E-state index in [9.17, 15) is 4.79 Å². The molecular formula is C18H18N2O3. The third-order valence-electron chi connectivity index (χ3n) is 3.16. The molecule has 0 saturated heterocycles. The topological polar surface area (TPSA) is 82.3 Å². The van der Waals surface area contributed by atoms with Crippen molar-refractivity contribution in [2.75, 3.05) is 5.32 Å². The van der Waals surface area contributed by atoms with Crippen LogP contribution < -0.4 is 10.1 Å². The highest BCUT2D eigenvalue weighted by Gasteiger charge is 2.10. The van der Waals surface area contributed by atoms with Crippen LogP contribution in [-0.2, 0) is 6.54 Å². The number of ether oxygens (including phenoxy) is 1. The minimum atomic E-state index is -0.984. The quantitative estimate of drug-likeness (QED) is 0.851. The van der Waals surface area contributed by atoms with Crippen LogP contribution in [0.4, 0.5) is 5.69 Å². The number of aromatic carboxylic acids is 1. The molecule has 0 aliphatic rings. The summed E-state index contributed by atoms with van der Waals surface area (Å²) in [7, 11) is 0. The Kier molecular flexibility index (Phi) is 5.21. The van der Waals surface area contributed by atoms with Crippen LogP contribution in [0.5, 0.6) is 5.75 Å². The lowest BCUT2D eigenvalue weighted by Gasteiger charge is -2.16. The summed E-state index contributed by atoms with van der Waals surface area (Å²) in [5.41, 5.74) is 2.41. The van der Waals surface area contributed by atoms with Gasteiger partial charge in [0.25, 0.3) is 0 Å². The maximum absolute atomic E-state index is 11.1. The minimum absolute atomic E-state index is 0.0128. The van der Waals surface area contributed by atoms with Crippen molar-refractivity contribution in [2.24, 2.45) is 0 Å². The summed E-state index contributed by atoms with van der Waals surface area (Å²) in [5, 5.41) is 21.1. The van der Waals surface area contributed by atoms with Crippen molar-refractivity contribution in [2.45, 2.75) is 26.5 Å². The lowest BCUT2D eigenvalue weighted by Crippen LogP contribution is -2.10. The van der Waals surface area contributed by atoms with Gasteiger partial charge in [0, 0.05) is 6.54 Å². The summed E-state index contributed by atoms with van der Waals surface area (Å²) in [6.45, 7) is 4.33. The summed E-state index contributed by atoms with van der Waals surface area (Å²) in [4.78, 5) is 11.1. The summed E-state index contributed by atoms with van der Waals surface area (Å²) in [6.07, 6.45) is -0.0128.